The SMILES string of the molecule is CCCCCCCCCCCCCCN1CCCCCC1. The summed E-state index contributed by atoms with van der Waals surface area (Å²) < 4.78 is 0. The average molecular weight is 296 g/mol. The summed E-state index contributed by atoms with van der Waals surface area (Å²) in [5.41, 5.74) is 0. The highest BCUT2D eigenvalue weighted by Gasteiger charge is 2.07. The predicted octanol–water partition coefficient (Wildman–Crippen LogP) is 6.56. The molecule has 0 aliphatic carbocycles. The first-order valence-corrected chi connectivity index (χ1v) is 10.2. The molecule has 0 unspecified atom stereocenters. The molecule has 0 bridgehead atoms. The lowest BCUT2D eigenvalue weighted by molar-refractivity contribution is 0.277. The molecule has 0 saturated carbocycles. The van der Waals surface area contributed by atoms with Gasteiger partial charge in [-0.3, -0.25) is 0 Å². The molecule has 1 rings (SSSR count). The third kappa shape index (κ3) is 12.2. The Hall–Kier alpha value is -0.0400. The molecule has 126 valence electrons. The van der Waals surface area contributed by atoms with Gasteiger partial charge in [-0.15, -0.1) is 0 Å². The first kappa shape index (κ1) is 19.0. The molecule has 1 saturated heterocycles. The molecule has 0 spiro atoms. The number of unbranched alkanes of at least 4 members (excludes halogenated alkanes) is 11. The zero-order valence-corrected chi connectivity index (χ0v) is 14.9. The van der Waals surface area contributed by atoms with E-state index in [1.807, 2.05) is 0 Å². The second-order valence-electron chi connectivity index (χ2n) is 7.14. The van der Waals surface area contributed by atoms with E-state index in [-0.39, 0.29) is 0 Å². The summed E-state index contributed by atoms with van der Waals surface area (Å²) in [4.78, 5) is 2.71. The van der Waals surface area contributed by atoms with Crippen molar-refractivity contribution in [3.05, 3.63) is 0 Å². The van der Waals surface area contributed by atoms with Crippen LogP contribution in [0.25, 0.3) is 0 Å². The summed E-state index contributed by atoms with van der Waals surface area (Å²) in [6.45, 7) is 6.42. The lowest BCUT2D eigenvalue weighted by atomic mass is 10.1. The lowest BCUT2D eigenvalue weighted by Gasteiger charge is -2.19. The summed E-state index contributed by atoms with van der Waals surface area (Å²) in [6, 6.07) is 0. The lowest BCUT2D eigenvalue weighted by Crippen LogP contribution is -2.25. The quantitative estimate of drug-likeness (QED) is 0.348. The summed E-state index contributed by atoms with van der Waals surface area (Å²) in [5, 5.41) is 0. The van der Waals surface area contributed by atoms with Gasteiger partial charge in [0, 0.05) is 0 Å². The van der Waals surface area contributed by atoms with Crippen molar-refractivity contribution in [1.82, 2.24) is 4.90 Å². The minimum absolute atomic E-state index is 1.37. The number of hydrogen-bond acceptors (Lipinski definition) is 1. The van der Waals surface area contributed by atoms with Crippen LogP contribution in [0.3, 0.4) is 0 Å². The van der Waals surface area contributed by atoms with Crippen LogP contribution in [0.15, 0.2) is 0 Å². The summed E-state index contributed by atoms with van der Waals surface area (Å²) >= 11 is 0. The van der Waals surface area contributed by atoms with E-state index in [0.717, 1.165) is 0 Å². The average Bonchev–Trinajstić information content (AvgIpc) is 2.77. The molecule has 1 nitrogen and oxygen atoms in total. The van der Waals surface area contributed by atoms with Gasteiger partial charge in [0.15, 0.2) is 0 Å². The van der Waals surface area contributed by atoms with Crippen LogP contribution >= 0.6 is 0 Å². The van der Waals surface area contributed by atoms with Gasteiger partial charge in [0.2, 0.25) is 0 Å². The first-order valence-electron chi connectivity index (χ1n) is 10.2. The molecule has 0 aromatic carbocycles. The van der Waals surface area contributed by atoms with Crippen LogP contribution in [0.5, 0.6) is 0 Å². The first-order chi connectivity index (χ1) is 10.4. The molecule has 1 aliphatic rings. The Morgan fingerprint density at radius 2 is 0.952 bits per heavy atom. The van der Waals surface area contributed by atoms with Gasteiger partial charge in [0.1, 0.15) is 0 Å². The fourth-order valence-corrected chi connectivity index (χ4v) is 3.54. The van der Waals surface area contributed by atoms with Crippen molar-refractivity contribution >= 4 is 0 Å². The highest BCUT2D eigenvalue weighted by molar-refractivity contribution is 4.63. The standard InChI is InChI=1S/C20H41N/c1-2-3-4-5-6-7-8-9-10-11-12-15-18-21-19-16-13-14-17-20-21/h2-20H2,1H3. The Bertz CT molecular complexity index is 194. The fourth-order valence-electron chi connectivity index (χ4n) is 3.54. The molecule has 0 aromatic heterocycles. The monoisotopic (exact) mass is 295 g/mol. The summed E-state index contributed by atoms with van der Waals surface area (Å²) in [5.74, 6) is 0. The number of hydrogen-bond donors (Lipinski definition) is 0. The second-order valence-corrected chi connectivity index (χ2v) is 7.14. The van der Waals surface area contributed by atoms with Crippen LogP contribution in [0, 0.1) is 0 Å². The van der Waals surface area contributed by atoms with Crippen LogP contribution in [0.4, 0.5) is 0 Å². The van der Waals surface area contributed by atoms with E-state index in [4.69, 9.17) is 0 Å². The van der Waals surface area contributed by atoms with Crippen molar-refractivity contribution in [2.24, 2.45) is 0 Å². The van der Waals surface area contributed by atoms with Crippen molar-refractivity contribution in [2.75, 3.05) is 19.6 Å². The Morgan fingerprint density at radius 3 is 1.43 bits per heavy atom. The third-order valence-corrected chi connectivity index (χ3v) is 5.03. The van der Waals surface area contributed by atoms with Gasteiger partial charge in [-0.05, 0) is 38.9 Å². The van der Waals surface area contributed by atoms with Crippen LogP contribution in [-0.4, -0.2) is 24.5 Å². The van der Waals surface area contributed by atoms with Crippen molar-refractivity contribution < 1.29 is 0 Å². The van der Waals surface area contributed by atoms with Crippen molar-refractivity contribution in [2.45, 2.75) is 110 Å². The summed E-state index contributed by atoms with van der Waals surface area (Å²) in [6.07, 6.45) is 23.4. The smallest absolute Gasteiger partial charge is 0.00187 e. The van der Waals surface area contributed by atoms with Crippen molar-refractivity contribution in [1.29, 1.82) is 0 Å². The Kier molecular flexibility index (Phi) is 13.5. The molecule has 1 heteroatoms. The topological polar surface area (TPSA) is 3.24 Å². The Balaban J connectivity index is 1.74. The van der Waals surface area contributed by atoms with E-state index in [2.05, 4.69) is 11.8 Å². The normalized spacial score (nSPS) is 17.0. The highest BCUT2D eigenvalue weighted by Crippen LogP contribution is 2.13. The van der Waals surface area contributed by atoms with E-state index in [0.29, 0.717) is 0 Å². The number of nitrogens with zero attached hydrogens (tertiary/aromatic N) is 1. The zero-order valence-electron chi connectivity index (χ0n) is 14.9. The number of likely N-dealkylation sites (tertiary alicyclic amines) is 1. The van der Waals surface area contributed by atoms with Gasteiger partial charge in [0.05, 0.1) is 0 Å². The molecule has 0 aromatic rings. The molecule has 0 atom stereocenters. The van der Waals surface area contributed by atoms with Crippen LogP contribution in [-0.2, 0) is 0 Å². The van der Waals surface area contributed by atoms with Crippen molar-refractivity contribution in [3.63, 3.8) is 0 Å². The molecule has 1 heterocycles. The van der Waals surface area contributed by atoms with Crippen LogP contribution < -0.4 is 0 Å². The number of rotatable bonds is 13. The van der Waals surface area contributed by atoms with Gasteiger partial charge < -0.3 is 4.90 Å². The predicted molar refractivity (Wildman–Crippen MR) is 96.0 cm³/mol. The maximum absolute atomic E-state index is 2.71. The van der Waals surface area contributed by atoms with E-state index >= 15 is 0 Å². The van der Waals surface area contributed by atoms with Crippen LogP contribution in [0.1, 0.15) is 110 Å². The van der Waals surface area contributed by atoms with Crippen LogP contribution in [0.2, 0.25) is 0 Å². The summed E-state index contributed by atoms with van der Waals surface area (Å²) in [7, 11) is 0. The molecule has 21 heavy (non-hydrogen) atoms. The van der Waals surface area contributed by atoms with E-state index in [1.54, 1.807) is 0 Å². The minimum atomic E-state index is 1.37. The van der Waals surface area contributed by atoms with Gasteiger partial charge in [-0.1, -0.05) is 90.4 Å². The molecular weight excluding hydrogens is 254 g/mol. The highest BCUT2D eigenvalue weighted by atomic mass is 15.1. The second kappa shape index (κ2) is 14.9. The zero-order chi connectivity index (χ0) is 15.0. The van der Waals surface area contributed by atoms with Gasteiger partial charge in [-0.2, -0.15) is 0 Å². The molecule has 0 radical (unpaired) electrons. The van der Waals surface area contributed by atoms with Gasteiger partial charge in [0.25, 0.3) is 0 Å². The molecule has 1 aliphatic heterocycles. The minimum Gasteiger partial charge on any atom is -0.303 e. The van der Waals surface area contributed by atoms with Crippen molar-refractivity contribution in [3.8, 4) is 0 Å². The van der Waals surface area contributed by atoms with E-state index in [1.165, 1.54) is 122 Å². The molecular formula is C20H41N. The Labute approximate surface area is 134 Å². The van der Waals surface area contributed by atoms with E-state index < -0.39 is 0 Å². The van der Waals surface area contributed by atoms with E-state index in [9.17, 15) is 0 Å². The maximum Gasteiger partial charge on any atom is -0.00187 e. The Morgan fingerprint density at radius 1 is 0.524 bits per heavy atom. The fraction of sp³-hybridized carbons (Fsp3) is 1.00. The molecule has 0 amide bonds. The van der Waals surface area contributed by atoms with Gasteiger partial charge in [-0.25, -0.2) is 0 Å². The maximum atomic E-state index is 2.71. The molecule has 1 fully saturated rings. The largest absolute Gasteiger partial charge is 0.303 e. The van der Waals surface area contributed by atoms with Gasteiger partial charge >= 0.3 is 0 Å². The third-order valence-electron chi connectivity index (χ3n) is 5.03. The molecule has 0 N–H and O–H groups in total.